The van der Waals surface area contributed by atoms with Crippen LogP contribution in [0.4, 0.5) is 0 Å². The van der Waals surface area contributed by atoms with Gasteiger partial charge in [0.1, 0.15) is 0 Å². The first-order valence-electron chi connectivity index (χ1n) is 6.87. The Morgan fingerprint density at radius 1 is 0.792 bits per heavy atom. The molecule has 6 nitrogen and oxygen atoms in total. The molecule has 0 atom stereocenters. The number of hydrogen-bond acceptors (Lipinski definition) is 2. The quantitative estimate of drug-likeness (QED) is 0.419. The molecule has 124 valence electrons. The van der Waals surface area contributed by atoms with Crippen LogP contribution < -0.4 is 10.6 Å². The molecule has 0 heterocycles. The monoisotopic (exact) mass is 364 g/mol. The van der Waals surface area contributed by atoms with Crippen LogP contribution in [0.25, 0.3) is 27.6 Å². The van der Waals surface area contributed by atoms with Gasteiger partial charge in [0.15, 0.2) is 0 Å². The third-order valence-electron chi connectivity index (χ3n) is 3.78. The minimum absolute atomic E-state index is 0.00411. The maximum atomic E-state index is 12.0. The average Bonchev–Trinajstić information content (AvgIpc) is 2.49. The van der Waals surface area contributed by atoms with Crippen LogP contribution in [0.15, 0.2) is 49.0 Å². The van der Waals surface area contributed by atoms with Crippen molar-refractivity contribution in [2.75, 3.05) is 0 Å². The van der Waals surface area contributed by atoms with Crippen molar-refractivity contribution in [3.63, 3.8) is 0 Å². The third kappa shape index (κ3) is 2.85. The van der Waals surface area contributed by atoms with Crippen LogP contribution in [0, 0.1) is 0 Å². The summed E-state index contributed by atoms with van der Waals surface area (Å²) < 4.78 is 23.9. The lowest BCUT2D eigenvalue weighted by atomic mass is 10.0. The van der Waals surface area contributed by atoms with Crippen LogP contribution in [0.5, 0.6) is 0 Å². The van der Waals surface area contributed by atoms with Gasteiger partial charge in [-0.2, -0.15) is 0 Å². The second-order valence-corrected chi connectivity index (χ2v) is 8.45. The Bertz CT molecular complexity index is 1080. The fraction of sp³-hybridized carbons (Fsp3) is 0. The summed E-state index contributed by atoms with van der Waals surface area (Å²) in [5.41, 5.74) is 0.00411. The standard InChI is InChI=1S/C16H14O6P2/c1-2-10-7-13-8-11-5-3-4-6-12(11)9-14(13)16(24(20,21)22)15(10)23(17,18)19/h2-9H,1H2,(H2,17,18,19)(H2,20,21,22). The molecular weight excluding hydrogens is 350 g/mol. The molecule has 0 aromatic heterocycles. The normalized spacial score (nSPS) is 12.7. The summed E-state index contributed by atoms with van der Waals surface area (Å²) in [5.74, 6) is 0. The molecule has 0 unspecified atom stereocenters. The number of benzene rings is 3. The maximum absolute atomic E-state index is 12.0. The van der Waals surface area contributed by atoms with E-state index >= 15 is 0 Å². The predicted molar refractivity (Wildman–Crippen MR) is 94.9 cm³/mol. The molecule has 3 rings (SSSR count). The highest BCUT2D eigenvalue weighted by Gasteiger charge is 2.35. The second kappa shape index (κ2) is 5.64. The van der Waals surface area contributed by atoms with Gasteiger partial charge in [0.2, 0.25) is 0 Å². The zero-order valence-electron chi connectivity index (χ0n) is 12.3. The van der Waals surface area contributed by atoms with E-state index in [2.05, 4.69) is 6.58 Å². The zero-order chi connectivity index (χ0) is 17.7. The van der Waals surface area contributed by atoms with E-state index in [0.717, 1.165) is 5.39 Å². The lowest BCUT2D eigenvalue weighted by Gasteiger charge is -2.18. The van der Waals surface area contributed by atoms with Crippen molar-refractivity contribution >= 4 is 53.4 Å². The SMILES string of the molecule is C=Cc1cc2cc3ccccc3cc2c(P(=O)(O)O)c1P(=O)(O)O. The van der Waals surface area contributed by atoms with Crippen LogP contribution in [0.1, 0.15) is 5.56 Å². The molecular formula is C16H14O6P2. The number of fused-ring (bicyclic) bond motifs is 2. The zero-order valence-corrected chi connectivity index (χ0v) is 14.1. The van der Waals surface area contributed by atoms with Gasteiger partial charge in [0.05, 0.1) is 10.6 Å². The molecule has 0 fully saturated rings. The molecule has 0 saturated carbocycles. The van der Waals surface area contributed by atoms with Gasteiger partial charge in [-0.1, -0.05) is 36.9 Å². The lowest BCUT2D eigenvalue weighted by Crippen LogP contribution is -2.28. The van der Waals surface area contributed by atoms with Gasteiger partial charge in [-0.05, 0) is 45.3 Å². The average molecular weight is 364 g/mol. The van der Waals surface area contributed by atoms with E-state index in [-0.39, 0.29) is 10.9 Å². The van der Waals surface area contributed by atoms with Gasteiger partial charge in [-0.15, -0.1) is 0 Å². The van der Waals surface area contributed by atoms with E-state index in [1.807, 2.05) is 12.1 Å². The van der Waals surface area contributed by atoms with E-state index in [1.54, 1.807) is 18.2 Å². The largest absolute Gasteiger partial charge is 0.357 e. The Hall–Kier alpha value is -1.78. The Kier molecular flexibility index (Phi) is 4.01. The first kappa shape index (κ1) is 17.1. The minimum atomic E-state index is -4.96. The van der Waals surface area contributed by atoms with Crippen LogP contribution in [0.2, 0.25) is 0 Å². The summed E-state index contributed by atoms with van der Waals surface area (Å²) >= 11 is 0. The van der Waals surface area contributed by atoms with E-state index < -0.39 is 25.8 Å². The second-order valence-electron chi connectivity index (χ2n) is 5.38. The molecule has 4 N–H and O–H groups in total. The molecule has 0 radical (unpaired) electrons. The molecule has 0 aliphatic heterocycles. The van der Waals surface area contributed by atoms with Crippen molar-refractivity contribution in [2.45, 2.75) is 0 Å². The van der Waals surface area contributed by atoms with Gasteiger partial charge in [-0.25, -0.2) is 0 Å². The van der Waals surface area contributed by atoms with Gasteiger partial charge in [0.25, 0.3) is 0 Å². The number of rotatable bonds is 3. The minimum Gasteiger partial charge on any atom is -0.321 e. The molecule has 24 heavy (non-hydrogen) atoms. The first-order chi connectivity index (χ1) is 11.1. The Labute approximate surface area is 137 Å². The van der Waals surface area contributed by atoms with E-state index in [0.29, 0.717) is 10.8 Å². The van der Waals surface area contributed by atoms with E-state index in [4.69, 9.17) is 0 Å². The highest BCUT2D eigenvalue weighted by molar-refractivity contribution is 7.67. The maximum Gasteiger partial charge on any atom is 0.357 e. The van der Waals surface area contributed by atoms with Crippen LogP contribution in [-0.4, -0.2) is 19.6 Å². The molecule has 0 bridgehead atoms. The van der Waals surface area contributed by atoms with Crippen LogP contribution in [0.3, 0.4) is 0 Å². The third-order valence-corrected chi connectivity index (χ3v) is 6.07. The molecule has 0 spiro atoms. The van der Waals surface area contributed by atoms with Crippen LogP contribution in [-0.2, 0) is 9.13 Å². The van der Waals surface area contributed by atoms with Crippen molar-refractivity contribution in [3.8, 4) is 0 Å². The van der Waals surface area contributed by atoms with Crippen molar-refractivity contribution in [1.29, 1.82) is 0 Å². The summed E-state index contributed by atoms with van der Waals surface area (Å²) in [6, 6.07) is 11.9. The van der Waals surface area contributed by atoms with Gasteiger partial charge in [-0.3, -0.25) is 9.13 Å². The highest BCUT2D eigenvalue weighted by Crippen LogP contribution is 2.44. The lowest BCUT2D eigenvalue weighted by molar-refractivity contribution is 0.381. The van der Waals surface area contributed by atoms with Crippen molar-refractivity contribution in [3.05, 3.63) is 54.6 Å². The molecule has 0 aliphatic carbocycles. The van der Waals surface area contributed by atoms with Crippen molar-refractivity contribution in [2.24, 2.45) is 0 Å². The molecule has 0 saturated heterocycles. The van der Waals surface area contributed by atoms with E-state index in [9.17, 15) is 28.7 Å². The summed E-state index contributed by atoms with van der Waals surface area (Å²) in [6.45, 7) is 3.50. The first-order valence-corrected chi connectivity index (χ1v) is 10.1. The van der Waals surface area contributed by atoms with E-state index in [1.165, 1.54) is 18.2 Å². The molecule has 0 aliphatic rings. The molecule has 8 heteroatoms. The van der Waals surface area contributed by atoms with Crippen molar-refractivity contribution in [1.82, 2.24) is 0 Å². The fourth-order valence-electron chi connectivity index (χ4n) is 2.84. The van der Waals surface area contributed by atoms with Crippen molar-refractivity contribution < 1.29 is 28.7 Å². The molecule has 0 amide bonds. The number of hydrogen-bond donors (Lipinski definition) is 4. The highest BCUT2D eigenvalue weighted by atomic mass is 31.2. The van der Waals surface area contributed by atoms with Gasteiger partial charge in [0, 0.05) is 0 Å². The topological polar surface area (TPSA) is 115 Å². The Morgan fingerprint density at radius 3 is 1.83 bits per heavy atom. The summed E-state index contributed by atoms with van der Waals surface area (Å²) in [6.07, 6.45) is 1.18. The van der Waals surface area contributed by atoms with Gasteiger partial charge >= 0.3 is 15.2 Å². The fourth-order valence-corrected chi connectivity index (χ4v) is 5.42. The van der Waals surface area contributed by atoms with Crippen LogP contribution >= 0.6 is 15.2 Å². The Balaban J connectivity index is 2.63. The predicted octanol–water partition coefficient (Wildman–Crippen LogP) is 2.24. The molecule has 3 aromatic carbocycles. The van der Waals surface area contributed by atoms with Gasteiger partial charge < -0.3 is 19.6 Å². The Morgan fingerprint density at radius 2 is 1.33 bits per heavy atom. The molecule has 3 aromatic rings. The summed E-state index contributed by atoms with van der Waals surface area (Å²) in [4.78, 5) is 38.8. The smallest absolute Gasteiger partial charge is 0.321 e. The summed E-state index contributed by atoms with van der Waals surface area (Å²) in [5, 5.41) is 0.830. The summed E-state index contributed by atoms with van der Waals surface area (Å²) in [7, 11) is -9.89.